The molecule has 5 nitrogen and oxygen atoms in total. The zero-order valence-electron chi connectivity index (χ0n) is 11.2. The molecular weight excluding hydrogens is 286 g/mol. The highest BCUT2D eigenvalue weighted by Crippen LogP contribution is 2.21. The molecule has 1 N–H and O–H groups in total. The van der Waals surface area contributed by atoms with Crippen molar-refractivity contribution in [1.82, 2.24) is 15.3 Å². The van der Waals surface area contributed by atoms with Crippen LogP contribution in [0.5, 0.6) is 0 Å². The summed E-state index contributed by atoms with van der Waals surface area (Å²) in [4.78, 5) is 20.5. The van der Waals surface area contributed by atoms with Crippen LogP contribution in [0.1, 0.15) is 11.5 Å². The normalized spacial score (nSPS) is 10.5. The zero-order chi connectivity index (χ0) is 14.5. The Morgan fingerprint density at radius 3 is 3.00 bits per heavy atom. The van der Waals surface area contributed by atoms with Gasteiger partial charge in [-0.05, 0) is 24.3 Å². The van der Waals surface area contributed by atoms with E-state index in [9.17, 15) is 4.79 Å². The minimum absolute atomic E-state index is 0.0794. The fourth-order valence-corrected chi connectivity index (χ4v) is 2.62. The summed E-state index contributed by atoms with van der Waals surface area (Å²) in [6.07, 6.45) is 3.57. The number of rotatable bonds is 5. The van der Waals surface area contributed by atoms with Crippen molar-refractivity contribution < 1.29 is 9.21 Å². The number of hydrogen-bond donors (Lipinski definition) is 1. The van der Waals surface area contributed by atoms with Gasteiger partial charge in [-0.25, -0.2) is 4.98 Å². The van der Waals surface area contributed by atoms with Crippen molar-refractivity contribution in [3.8, 4) is 10.7 Å². The summed E-state index contributed by atoms with van der Waals surface area (Å²) in [5.74, 6) is 0.653. The summed E-state index contributed by atoms with van der Waals surface area (Å²) < 4.78 is 5.16. The Labute approximate surface area is 125 Å². The van der Waals surface area contributed by atoms with E-state index in [1.807, 2.05) is 29.6 Å². The van der Waals surface area contributed by atoms with E-state index in [0.717, 1.165) is 22.2 Å². The molecule has 0 bridgehead atoms. The second-order valence-corrected chi connectivity index (χ2v) is 5.25. The first-order valence-electron chi connectivity index (χ1n) is 6.46. The molecule has 6 heteroatoms. The van der Waals surface area contributed by atoms with Crippen LogP contribution in [-0.2, 0) is 17.8 Å². The maximum Gasteiger partial charge on any atom is 0.226 e. The molecule has 0 atom stereocenters. The fraction of sp³-hybridized carbons (Fsp3) is 0.133. The van der Waals surface area contributed by atoms with Crippen molar-refractivity contribution in [2.45, 2.75) is 13.0 Å². The maximum atomic E-state index is 11.8. The van der Waals surface area contributed by atoms with Crippen LogP contribution >= 0.6 is 11.3 Å². The van der Waals surface area contributed by atoms with Crippen LogP contribution in [0.2, 0.25) is 0 Å². The number of carbonyl (C=O) groups excluding carboxylic acids is 1. The van der Waals surface area contributed by atoms with Gasteiger partial charge in [0.1, 0.15) is 10.8 Å². The van der Waals surface area contributed by atoms with Gasteiger partial charge in [-0.15, -0.1) is 11.3 Å². The van der Waals surface area contributed by atoms with Crippen LogP contribution in [0, 0.1) is 0 Å². The van der Waals surface area contributed by atoms with Crippen molar-refractivity contribution in [1.29, 1.82) is 0 Å². The summed E-state index contributed by atoms with van der Waals surface area (Å²) in [6.45, 7) is 0.392. The lowest BCUT2D eigenvalue weighted by Gasteiger charge is -2.01. The van der Waals surface area contributed by atoms with Crippen molar-refractivity contribution in [2.24, 2.45) is 0 Å². The van der Waals surface area contributed by atoms with Gasteiger partial charge in [-0.3, -0.25) is 9.78 Å². The molecule has 0 unspecified atom stereocenters. The highest BCUT2D eigenvalue weighted by molar-refractivity contribution is 7.13. The molecule has 3 aromatic heterocycles. The fourth-order valence-electron chi connectivity index (χ4n) is 1.82. The molecule has 0 saturated heterocycles. The average Bonchev–Trinajstić information content (AvgIpc) is 3.17. The molecule has 0 spiro atoms. The molecule has 0 radical (unpaired) electrons. The van der Waals surface area contributed by atoms with Crippen LogP contribution < -0.4 is 5.32 Å². The minimum Gasteiger partial charge on any atom is -0.467 e. The highest BCUT2D eigenvalue weighted by Gasteiger charge is 2.09. The third kappa shape index (κ3) is 3.55. The first kappa shape index (κ1) is 13.5. The van der Waals surface area contributed by atoms with Crippen LogP contribution in [0.3, 0.4) is 0 Å². The van der Waals surface area contributed by atoms with Gasteiger partial charge in [-0.2, -0.15) is 0 Å². The number of thiazole rings is 1. The van der Waals surface area contributed by atoms with E-state index in [2.05, 4.69) is 15.3 Å². The standard InChI is InChI=1S/C15H13N3O2S/c19-14(17-9-12-4-3-7-20-12)8-11-10-21-15(18-11)13-5-1-2-6-16-13/h1-7,10H,8-9H2,(H,17,19). The summed E-state index contributed by atoms with van der Waals surface area (Å²) in [7, 11) is 0. The monoisotopic (exact) mass is 299 g/mol. The Morgan fingerprint density at radius 1 is 1.29 bits per heavy atom. The Hall–Kier alpha value is -2.47. The Kier molecular flexibility index (Phi) is 4.07. The molecule has 0 aliphatic heterocycles. The van der Waals surface area contributed by atoms with E-state index in [0.29, 0.717) is 6.54 Å². The van der Waals surface area contributed by atoms with Gasteiger partial charge in [0, 0.05) is 11.6 Å². The van der Waals surface area contributed by atoms with E-state index in [1.54, 1.807) is 18.5 Å². The molecule has 21 heavy (non-hydrogen) atoms. The number of furan rings is 1. The van der Waals surface area contributed by atoms with Gasteiger partial charge in [0.25, 0.3) is 0 Å². The highest BCUT2D eigenvalue weighted by atomic mass is 32.1. The van der Waals surface area contributed by atoms with Gasteiger partial charge in [0.2, 0.25) is 5.91 Å². The zero-order valence-corrected chi connectivity index (χ0v) is 12.0. The smallest absolute Gasteiger partial charge is 0.226 e. The summed E-state index contributed by atoms with van der Waals surface area (Å²) >= 11 is 1.49. The predicted molar refractivity (Wildman–Crippen MR) is 79.6 cm³/mol. The van der Waals surface area contributed by atoms with Gasteiger partial charge in [0.15, 0.2) is 0 Å². The van der Waals surface area contributed by atoms with Crippen molar-refractivity contribution in [2.75, 3.05) is 0 Å². The number of nitrogens with zero attached hydrogens (tertiary/aromatic N) is 2. The quantitative estimate of drug-likeness (QED) is 0.786. The molecular formula is C15H13N3O2S. The molecule has 0 saturated carbocycles. The molecule has 0 aromatic carbocycles. The van der Waals surface area contributed by atoms with Gasteiger partial charge < -0.3 is 9.73 Å². The van der Waals surface area contributed by atoms with E-state index in [4.69, 9.17) is 4.42 Å². The number of amides is 1. The van der Waals surface area contributed by atoms with E-state index >= 15 is 0 Å². The molecule has 0 aliphatic carbocycles. The number of carbonyl (C=O) groups is 1. The number of pyridine rings is 1. The van der Waals surface area contributed by atoms with Gasteiger partial charge >= 0.3 is 0 Å². The van der Waals surface area contributed by atoms with Crippen LogP contribution in [0.15, 0.2) is 52.6 Å². The van der Waals surface area contributed by atoms with Crippen LogP contribution in [0.4, 0.5) is 0 Å². The first-order valence-corrected chi connectivity index (χ1v) is 7.34. The number of hydrogen-bond acceptors (Lipinski definition) is 5. The molecule has 106 valence electrons. The Bertz CT molecular complexity index is 708. The van der Waals surface area contributed by atoms with Gasteiger partial charge in [-0.1, -0.05) is 6.07 Å². The lowest BCUT2D eigenvalue weighted by molar-refractivity contribution is -0.120. The summed E-state index contributed by atoms with van der Waals surface area (Å²) in [5, 5.41) is 5.51. The molecule has 0 fully saturated rings. The predicted octanol–water partition coefficient (Wildman–Crippen LogP) is 2.66. The molecule has 0 aliphatic rings. The van der Waals surface area contributed by atoms with Crippen molar-refractivity contribution in [3.05, 3.63) is 59.6 Å². The topological polar surface area (TPSA) is 68.0 Å². The van der Waals surface area contributed by atoms with Crippen molar-refractivity contribution >= 4 is 17.2 Å². The lowest BCUT2D eigenvalue weighted by Crippen LogP contribution is -2.24. The second-order valence-electron chi connectivity index (χ2n) is 4.39. The molecule has 3 heterocycles. The van der Waals surface area contributed by atoms with E-state index in [1.165, 1.54) is 11.3 Å². The second kappa shape index (κ2) is 6.32. The molecule has 1 amide bonds. The molecule has 3 aromatic rings. The number of aromatic nitrogens is 2. The minimum atomic E-state index is -0.0794. The SMILES string of the molecule is O=C(Cc1csc(-c2ccccn2)n1)NCc1ccco1. The van der Waals surface area contributed by atoms with Crippen molar-refractivity contribution in [3.63, 3.8) is 0 Å². The van der Waals surface area contributed by atoms with Crippen LogP contribution in [-0.4, -0.2) is 15.9 Å². The lowest BCUT2D eigenvalue weighted by atomic mass is 10.3. The number of nitrogens with one attached hydrogen (secondary N) is 1. The largest absolute Gasteiger partial charge is 0.467 e. The third-order valence-electron chi connectivity index (χ3n) is 2.82. The van der Waals surface area contributed by atoms with E-state index < -0.39 is 0 Å². The van der Waals surface area contributed by atoms with Gasteiger partial charge in [0.05, 0.1) is 30.6 Å². The Balaban J connectivity index is 1.58. The maximum absolute atomic E-state index is 11.8. The Morgan fingerprint density at radius 2 is 2.24 bits per heavy atom. The third-order valence-corrected chi connectivity index (χ3v) is 3.73. The summed E-state index contributed by atoms with van der Waals surface area (Å²) in [6, 6.07) is 9.29. The first-order chi connectivity index (χ1) is 10.3. The average molecular weight is 299 g/mol. The van der Waals surface area contributed by atoms with Crippen LogP contribution in [0.25, 0.3) is 10.7 Å². The summed E-state index contributed by atoms with van der Waals surface area (Å²) in [5.41, 5.74) is 1.57. The van der Waals surface area contributed by atoms with E-state index in [-0.39, 0.29) is 12.3 Å². The molecule has 3 rings (SSSR count).